The molecule has 1 fully saturated rings. The molecule has 0 saturated carbocycles. The fourth-order valence-corrected chi connectivity index (χ4v) is 3.50. The van der Waals surface area contributed by atoms with E-state index in [9.17, 15) is 14.4 Å². The largest absolute Gasteiger partial charge is 0.493 e. The van der Waals surface area contributed by atoms with Gasteiger partial charge >= 0.3 is 6.03 Å². The molecule has 0 unspecified atom stereocenters. The van der Waals surface area contributed by atoms with Gasteiger partial charge in [-0.2, -0.15) is 0 Å². The van der Waals surface area contributed by atoms with Crippen molar-refractivity contribution in [1.82, 2.24) is 10.2 Å². The standard InChI is InChI=1S/C21H22BrN3O5/c1-3-7-30-19-16(22)9-14(10-17(19)29-2)20(27)24-15-6-4-5-13(8-15)12-25-18(26)11-23-21(25)28/h4-6,8-10H,3,7,11-12H2,1-2H3,(H,23,28)(H,24,27). The van der Waals surface area contributed by atoms with Crippen LogP contribution in [-0.2, 0) is 11.3 Å². The number of amides is 4. The van der Waals surface area contributed by atoms with Crippen molar-refractivity contribution in [2.24, 2.45) is 0 Å². The smallest absolute Gasteiger partial charge is 0.324 e. The van der Waals surface area contributed by atoms with E-state index >= 15 is 0 Å². The maximum absolute atomic E-state index is 12.8. The second-order valence-electron chi connectivity index (χ2n) is 6.63. The van der Waals surface area contributed by atoms with Crippen molar-refractivity contribution in [3.8, 4) is 11.5 Å². The van der Waals surface area contributed by atoms with Crippen LogP contribution in [0.3, 0.4) is 0 Å². The molecule has 8 nitrogen and oxygen atoms in total. The Morgan fingerprint density at radius 3 is 2.73 bits per heavy atom. The molecule has 1 aliphatic rings. The summed E-state index contributed by atoms with van der Waals surface area (Å²) in [6.45, 7) is 2.67. The number of ether oxygens (including phenoxy) is 2. The SMILES string of the molecule is CCCOc1c(Br)cc(C(=O)Nc2cccc(CN3C(=O)CNC3=O)c2)cc1OC. The third-order valence-electron chi connectivity index (χ3n) is 4.40. The lowest BCUT2D eigenvalue weighted by Crippen LogP contribution is -2.30. The van der Waals surface area contributed by atoms with Gasteiger partial charge in [0.1, 0.15) is 0 Å². The van der Waals surface area contributed by atoms with Crippen LogP contribution in [0.25, 0.3) is 0 Å². The molecule has 1 aliphatic heterocycles. The highest BCUT2D eigenvalue weighted by Gasteiger charge is 2.28. The van der Waals surface area contributed by atoms with Crippen LogP contribution in [0.1, 0.15) is 29.3 Å². The molecule has 9 heteroatoms. The first-order valence-corrected chi connectivity index (χ1v) is 10.2. The maximum Gasteiger partial charge on any atom is 0.324 e. The Labute approximate surface area is 182 Å². The number of nitrogens with one attached hydrogen (secondary N) is 2. The fourth-order valence-electron chi connectivity index (χ4n) is 2.94. The van der Waals surface area contributed by atoms with Crippen molar-refractivity contribution in [2.75, 3.05) is 25.6 Å². The molecule has 4 amide bonds. The third-order valence-corrected chi connectivity index (χ3v) is 4.99. The van der Waals surface area contributed by atoms with E-state index in [1.807, 2.05) is 6.92 Å². The number of rotatable bonds is 8. The van der Waals surface area contributed by atoms with Gasteiger partial charge in [-0.1, -0.05) is 19.1 Å². The third kappa shape index (κ3) is 4.91. The van der Waals surface area contributed by atoms with Gasteiger partial charge in [-0.3, -0.25) is 14.5 Å². The van der Waals surface area contributed by atoms with Crippen LogP contribution in [0.15, 0.2) is 40.9 Å². The van der Waals surface area contributed by atoms with Crippen molar-refractivity contribution in [1.29, 1.82) is 0 Å². The minimum atomic E-state index is -0.420. The molecule has 0 radical (unpaired) electrons. The minimum absolute atomic E-state index is 0.00391. The first-order valence-electron chi connectivity index (χ1n) is 9.41. The zero-order valence-corrected chi connectivity index (χ0v) is 18.2. The molecule has 1 heterocycles. The number of methoxy groups -OCH3 is 1. The topological polar surface area (TPSA) is 97.0 Å². The van der Waals surface area contributed by atoms with Gasteiger partial charge in [-0.05, 0) is 52.2 Å². The molecular weight excluding hydrogens is 454 g/mol. The Morgan fingerprint density at radius 1 is 1.27 bits per heavy atom. The highest BCUT2D eigenvalue weighted by atomic mass is 79.9. The Kier molecular flexibility index (Phi) is 6.94. The highest BCUT2D eigenvalue weighted by Crippen LogP contribution is 2.37. The number of imide groups is 1. The summed E-state index contributed by atoms with van der Waals surface area (Å²) < 4.78 is 11.7. The van der Waals surface area contributed by atoms with Gasteiger partial charge in [0.2, 0.25) is 5.91 Å². The van der Waals surface area contributed by atoms with Crippen LogP contribution >= 0.6 is 15.9 Å². The second-order valence-corrected chi connectivity index (χ2v) is 7.49. The lowest BCUT2D eigenvalue weighted by Gasteiger charge is -2.15. The summed E-state index contributed by atoms with van der Waals surface area (Å²) in [6, 6.07) is 9.86. The molecular formula is C21H22BrN3O5. The molecule has 3 rings (SSSR count). The summed E-state index contributed by atoms with van der Waals surface area (Å²) in [5.74, 6) is 0.390. The van der Waals surface area contributed by atoms with E-state index in [0.717, 1.165) is 16.9 Å². The van der Waals surface area contributed by atoms with Gasteiger partial charge in [-0.15, -0.1) is 0 Å². The number of benzene rings is 2. The van der Waals surface area contributed by atoms with Crippen molar-refractivity contribution in [3.05, 3.63) is 52.0 Å². The molecule has 2 N–H and O–H groups in total. The molecule has 0 aromatic heterocycles. The average Bonchev–Trinajstić information content (AvgIpc) is 3.04. The molecule has 30 heavy (non-hydrogen) atoms. The van der Waals surface area contributed by atoms with Gasteiger partial charge in [0.05, 0.1) is 31.3 Å². The quantitative estimate of drug-likeness (QED) is 0.569. The van der Waals surface area contributed by atoms with E-state index in [0.29, 0.717) is 33.8 Å². The van der Waals surface area contributed by atoms with E-state index < -0.39 is 6.03 Å². The summed E-state index contributed by atoms with van der Waals surface area (Å²) in [7, 11) is 1.52. The van der Waals surface area contributed by atoms with Crippen LogP contribution in [0, 0.1) is 0 Å². The average molecular weight is 476 g/mol. The number of hydrogen-bond donors (Lipinski definition) is 2. The number of hydrogen-bond acceptors (Lipinski definition) is 5. The van der Waals surface area contributed by atoms with Crippen LogP contribution in [0.4, 0.5) is 10.5 Å². The van der Waals surface area contributed by atoms with Crippen LogP contribution in [-0.4, -0.2) is 43.0 Å². The first-order chi connectivity index (χ1) is 14.4. The van der Waals surface area contributed by atoms with Gasteiger partial charge in [-0.25, -0.2) is 4.79 Å². The number of nitrogens with zero attached hydrogens (tertiary/aromatic N) is 1. The molecule has 0 bridgehead atoms. The fraction of sp³-hybridized carbons (Fsp3) is 0.286. The van der Waals surface area contributed by atoms with Gasteiger partial charge in [0.15, 0.2) is 11.5 Å². The van der Waals surface area contributed by atoms with Gasteiger partial charge in [0, 0.05) is 11.3 Å². The van der Waals surface area contributed by atoms with Crippen molar-refractivity contribution < 1.29 is 23.9 Å². The molecule has 0 aliphatic carbocycles. The number of anilines is 1. The summed E-state index contributed by atoms with van der Waals surface area (Å²) in [5.41, 5.74) is 1.66. The first kappa shape index (κ1) is 21.6. The minimum Gasteiger partial charge on any atom is -0.493 e. The lowest BCUT2D eigenvalue weighted by molar-refractivity contribution is -0.125. The molecule has 0 spiro atoms. The Bertz CT molecular complexity index is 963. The van der Waals surface area contributed by atoms with Crippen LogP contribution in [0.5, 0.6) is 11.5 Å². The Morgan fingerprint density at radius 2 is 2.07 bits per heavy atom. The summed E-state index contributed by atoms with van der Waals surface area (Å²) >= 11 is 3.43. The van der Waals surface area contributed by atoms with Crippen LogP contribution in [0.2, 0.25) is 0 Å². The number of carbonyl (C=O) groups is 3. The molecule has 1 saturated heterocycles. The number of urea groups is 1. The monoisotopic (exact) mass is 475 g/mol. The molecule has 158 valence electrons. The molecule has 0 atom stereocenters. The van der Waals surface area contributed by atoms with Crippen molar-refractivity contribution in [3.63, 3.8) is 0 Å². The normalized spacial score (nSPS) is 13.2. The number of halogens is 1. The zero-order chi connectivity index (χ0) is 21.7. The maximum atomic E-state index is 12.8. The Balaban J connectivity index is 1.75. The zero-order valence-electron chi connectivity index (χ0n) is 16.7. The summed E-state index contributed by atoms with van der Waals surface area (Å²) in [4.78, 5) is 37.4. The summed E-state index contributed by atoms with van der Waals surface area (Å²) in [6.07, 6.45) is 0.846. The predicted molar refractivity (Wildman–Crippen MR) is 115 cm³/mol. The van der Waals surface area contributed by atoms with Crippen molar-refractivity contribution >= 4 is 39.5 Å². The van der Waals surface area contributed by atoms with Crippen LogP contribution < -0.4 is 20.1 Å². The number of carbonyl (C=O) groups excluding carboxylic acids is 3. The second kappa shape index (κ2) is 9.62. The highest BCUT2D eigenvalue weighted by molar-refractivity contribution is 9.10. The molecule has 2 aromatic carbocycles. The van der Waals surface area contributed by atoms with E-state index in [1.165, 1.54) is 7.11 Å². The predicted octanol–water partition coefficient (Wildman–Crippen LogP) is 3.55. The van der Waals surface area contributed by atoms with E-state index in [1.54, 1.807) is 36.4 Å². The van der Waals surface area contributed by atoms with Gasteiger partial charge in [0.25, 0.3) is 5.91 Å². The van der Waals surface area contributed by atoms with E-state index in [-0.39, 0.29) is 24.9 Å². The van der Waals surface area contributed by atoms with E-state index in [4.69, 9.17) is 9.47 Å². The lowest BCUT2D eigenvalue weighted by atomic mass is 10.1. The van der Waals surface area contributed by atoms with E-state index in [2.05, 4.69) is 26.6 Å². The van der Waals surface area contributed by atoms with Gasteiger partial charge < -0.3 is 20.1 Å². The van der Waals surface area contributed by atoms with Crippen molar-refractivity contribution in [2.45, 2.75) is 19.9 Å². The molecule has 2 aromatic rings. The Hall–Kier alpha value is -3.07. The summed E-state index contributed by atoms with van der Waals surface area (Å²) in [5, 5.41) is 5.31.